The van der Waals surface area contributed by atoms with Gasteiger partial charge in [0.1, 0.15) is 12.4 Å². The molecule has 0 radical (unpaired) electrons. The highest BCUT2D eigenvalue weighted by atomic mass is 79.9. The van der Waals surface area contributed by atoms with E-state index in [9.17, 15) is 4.79 Å². The maximum Gasteiger partial charge on any atom is 0.272 e. The Bertz CT molecular complexity index is 1090. The normalized spacial score (nSPS) is 15.5. The standard InChI is InChI=1S/C21H17BrN4O2/c22-16-7-4-8-17-20(16)28-10-9-25(17)13-14-11-18-23-21(15-5-2-1-3-6-15)24-26(18)19(27)12-14/h1-8,12H,9-11,13H2. The van der Waals surface area contributed by atoms with Crippen LogP contribution >= 0.6 is 15.9 Å². The van der Waals surface area contributed by atoms with Gasteiger partial charge in [-0.05, 0) is 33.6 Å². The van der Waals surface area contributed by atoms with Crippen molar-refractivity contribution in [2.24, 2.45) is 0 Å². The van der Waals surface area contributed by atoms with E-state index in [0.717, 1.165) is 33.6 Å². The fourth-order valence-electron chi connectivity index (χ4n) is 3.61. The van der Waals surface area contributed by atoms with E-state index in [2.05, 4.69) is 30.9 Å². The van der Waals surface area contributed by atoms with Gasteiger partial charge in [-0.25, -0.2) is 4.98 Å². The molecule has 2 aliphatic heterocycles. The molecule has 1 aromatic heterocycles. The summed E-state index contributed by atoms with van der Waals surface area (Å²) in [7, 11) is 0. The molecule has 7 heteroatoms. The summed E-state index contributed by atoms with van der Waals surface area (Å²) >= 11 is 3.55. The molecular weight excluding hydrogens is 420 g/mol. The van der Waals surface area contributed by atoms with Gasteiger partial charge < -0.3 is 9.64 Å². The highest BCUT2D eigenvalue weighted by Crippen LogP contribution is 2.38. The quantitative estimate of drug-likeness (QED) is 0.625. The van der Waals surface area contributed by atoms with Crippen LogP contribution in [0.4, 0.5) is 5.69 Å². The highest BCUT2D eigenvalue weighted by molar-refractivity contribution is 9.10. The van der Waals surface area contributed by atoms with Crippen LogP contribution in [0.3, 0.4) is 0 Å². The number of hydrogen-bond acceptors (Lipinski definition) is 5. The Morgan fingerprint density at radius 2 is 1.96 bits per heavy atom. The Labute approximate surface area is 170 Å². The largest absolute Gasteiger partial charge is 0.488 e. The zero-order valence-electron chi connectivity index (χ0n) is 15.0. The molecule has 2 aromatic carbocycles. The summed E-state index contributed by atoms with van der Waals surface area (Å²) < 4.78 is 8.15. The maximum atomic E-state index is 12.6. The van der Waals surface area contributed by atoms with Crippen LogP contribution in [0.1, 0.15) is 10.6 Å². The minimum Gasteiger partial charge on any atom is -0.488 e. The SMILES string of the molecule is O=C1C=C(CN2CCOc3c(Br)cccc32)Cc2nc(-c3ccccc3)nn21. The average molecular weight is 437 g/mol. The minimum absolute atomic E-state index is 0.145. The van der Waals surface area contributed by atoms with Crippen LogP contribution < -0.4 is 9.64 Å². The van der Waals surface area contributed by atoms with Crippen molar-refractivity contribution < 1.29 is 9.53 Å². The number of allylic oxidation sites excluding steroid dienone is 1. The molecule has 0 unspecified atom stereocenters. The van der Waals surface area contributed by atoms with Crippen molar-refractivity contribution >= 4 is 27.5 Å². The Kier molecular flexibility index (Phi) is 4.24. The third kappa shape index (κ3) is 3.01. The van der Waals surface area contributed by atoms with E-state index in [0.29, 0.717) is 31.2 Å². The van der Waals surface area contributed by atoms with Crippen molar-refractivity contribution in [1.82, 2.24) is 14.8 Å². The van der Waals surface area contributed by atoms with Crippen molar-refractivity contribution in [1.29, 1.82) is 0 Å². The Hall–Kier alpha value is -2.93. The molecule has 0 saturated carbocycles. The lowest BCUT2D eigenvalue weighted by Gasteiger charge is -2.32. The first kappa shape index (κ1) is 17.2. The molecule has 28 heavy (non-hydrogen) atoms. The summed E-state index contributed by atoms with van der Waals surface area (Å²) in [4.78, 5) is 19.5. The van der Waals surface area contributed by atoms with E-state index in [1.54, 1.807) is 6.08 Å². The lowest BCUT2D eigenvalue weighted by Crippen LogP contribution is -2.36. The van der Waals surface area contributed by atoms with E-state index in [1.807, 2.05) is 48.5 Å². The van der Waals surface area contributed by atoms with Gasteiger partial charge in [-0.3, -0.25) is 4.79 Å². The summed E-state index contributed by atoms with van der Waals surface area (Å²) in [6.07, 6.45) is 2.29. The van der Waals surface area contributed by atoms with Crippen molar-refractivity contribution in [3.05, 3.63) is 70.5 Å². The monoisotopic (exact) mass is 436 g/mol. The first-order valence-electron chi connectivity index (χ1n) is 9.10. The fraction of sp³-hybridized carbons (Fsp3) is 0.190. The molecule has 3 heterocycles. The number of carbonyl (C=O) groups is 1. The fourth-order valence-corrected chi connectivity index (χ4v) is 4.08. The third-order valence-electron chi connectivity index (χ3n) is 4.92. The number of anilines is 1. The van der Waals surface area contributed by atoms with Crippen LogP contribution in [0.2, 0.25) is 0 Å². The number of para-hydroxylation sites is 1. The molecular formula is C21H17BrN4O2. The summed E-state index contributed by atoms with van der Waals surface area (Å²) in [5.74, 6) is 1.97. The molecule has 2 aliphatic rings. The molecule has 0 spiro atoms. The van der Waals surface area contributed by atoms with E-state index in [-0.39, 0.29) is 5.91 Å². The lowest BCUT2D eigenvalue weighted by atomic mass is 10.1. The van der Waals surface area contributed by atoms with Crippen LogP contribution in [-0.2, 0) is 6.42 Å². The molecule has 5 rings (SSSR count). The topological polar surface area (TPSA) is 60.3 Å². The smallest absolute Gasteiger partial charge is 0.272 e. The second kappa shape index (κ2) is 6.91. The van der Waals surface area contributed by atoms with Crippen LogP contribution in [0.5, 0.6) is 5.75 Å². The number of carbonyl (C=O) groups excluding carboxylic acids is 1. The van der Waals surface area contributed by atoms with Crippen molar-refractivity contribution in [3.63, 3.8) is 0 Å². The number of halogens is 1. The van der Waals surface area contributed by atoms with E-state index in [4.69, 9.17) is 4.74 Å². The number of hydrogen-bond donors (Lipinski definition) is 0. The predicted molar refractivity (Wildman–Crippen MR) is 110 cm³/mol. The number of ether oxygens (including phenoxy) is 1. The molecule has 0 atom stereocenters. The number of fused-ring (bicyclic) bond motifs is 2. The summed E-state index contributed by atoms with van der Waals surface area (Å²) in [5, 5.41) is 4.40. The first-order valence-corrected chi connectivity index (χ1v) is 9.90. The van der Waals surface area contributed by atoms with Gasteiger partial charge in [-0.2, -0.15) is 4.68 Å². The maximum absolute atomic E-state index is 12.6. The van der Waals surface area contributed by atoms with Gasteiger partial charge in [-0.15, -0.1) is 5.10 Å². The summed E-state index contributed by atoms with van der Waals surface area (Å²) in [6.45, 7) is 2.05. The van der Waals surface area contributed by atoms with E-state index in [1.165, 1.54) is 4.68 Å². The summed E-state index contributed by atoms with van der Waals surface area (Å²) in [6, 6.07) is 15.7. The molecule has 140 valence electrons. The van der Waals surface area contributed by atoms with Gasteiger partial charge in [0, 0.05) is 24.6 Å². The third-order valence-corrected chi connectivity index (χ3v) is 5.54. The minimum atomic E-state index is -0.145. The van der Waals surface area contributed by atoms with Gasteiger partial charge in [0.05, 0.1) is 16.7 Å². The molecule has 0 amide bonds. The van der Waals surface area contributed by atoms with Gasteiger partial charge in [-0.1, -0.05) is 36.4 Å². The molecule has 0 saturated heterocycles. The Balaban J connectivity index is 1.41. The zero-order valence-corrected chi connectivity index (χ0v) is 16.6. The molecule has 6 nitrogen and oxygen atoms in total. The van der Waals surface area contributed by atoms with E-state index < -0.39 is 0 Å². The number of aromatic nitrogens is 3. The van der Waals surface area contributed by atoms with Crippen molar-refractivity contribution in [2.45, 2.75) is 6.42 Å². The Morgan fingerprint density at radius 3 is 2.82 bits per heavy atom. The Morgan fingerprint density at radius 1 is 1.11 bits per heavy atom. The number of benzene rings is 2. The predicted octanol–water partition coefficient (Wildman–Crippen LogP) is 3.73. The van der Waals surface area contributed by atoms with Gasteiger partial charge in [0.15, 0.2) is 11.6 Å². The average Bonchev–Trinajstić information content (AvgIpc) is 3.14. The van der Waals surface area contributed by atoms with Crippen LogP contribution in [-0.4, -0.2) is 40.4 Å². The van der Waals surface area contributed by atoms with Crippen LogP contribution in [0.25, 0.3) is 11.4 Å². The van der Waals surface area contributed by atoms with Gasteiger partial charge in [0.2, 0.25) is 0 Å². The van der Waals surface area contributed by atoms with Crippen molar-refractivity contribution in [3.8, 4) is 17.1 Å². The molecule has 0 fully saturated rings. The van der Waals surface area contributed by atoms with E-state index >= 15 is 0 Å². The number of rotatable bonds is 3. The highest BCUT2D eigenvalue weighted by Gasteiger charge is 2.26. The van der Waals surface area contributed by atoms with Crippen LogP contribution in [0, 0.1) is 0 Å². The number of nitrogens with zero attached hydrogens (tertiary/aromatic N) is 4. The van der Waals surface area contributed by atoms with Gasteiger partial charge in [0.25, 0.3) is 5.91 Å². The first-order chi connectivity index (χ1) is 13.7. The molecule has 0 bridgehead atoms. The van der Waals surface area contributed by atoms with Gasteiger partial charge >= 0.3 is 0 Å². The lowest BCUT2D eigenvalue weighted by molar-refractivity contribution is 0.0945. The van der Waals surface area contributed by atoms with Crippen molar-refractivity contribution in [2.75, 3.05) is 24.6 Å². The molecule has 0 N–H and O–H groups in total. The molecule has 3 aromatic rings. The van der Waals surface area contributed by atoms with Crippen LogP contribution in [0.15, 0.2) is 64.7 Å². The second-order valence-electron chi connectivity index (χ2n) is 6.81. The second-order valence-corrected chi connectivity index (χ2v) is 7.66. The zero-order chi connectivity index (χ0) is 19.1. The summed E-state index contributed by atoms with van der Waals surface area (Å²) in [5.41, 5.74) is 2.97. The molecule has 0 aliphatic carbocycles.